The van der Waals surface area contributed by atoms with Crippen molar-refractivity contribution in [3.8, 4) is 0 Å². The third-order valence-electron chi connectivity index (χ3n) is 4.72. The highest BCUT2D eigenvalue weighted by atomic mass is 16.3. The number of benzene rings is 1. The summed E-state index contributed by atoms with van der Waals surface area (Å²) in [6.45, 7) is 0. The third kappa shape index (κ3) is 4.03. The van der Waals surface area contributed by atoms with Crippen molar-refractivity contribution in [2.45, 2.75) is 37.8 Å². The van der Waals surface area contributed by atoms with E-state index in [1.807, 2.05) is 6.07 Å². The van der Waals surface area contributed by atoms with Gasteiger partial charge in [0.2, 0.25) is 5.95 Å². The van der Waals surface area contributed by atoms with E-state index < -0.39 is 0 Å². The number of hydrogen-bond donors (Lipinski definition) is 3. The van der Waals surface area contributed by atoms with Gasteiger partial charge in [0.05, 0.1) is 17.8 Å². The van der Waals surface area contributed by atoms with E-state index in [4.69, 9.17) is 0 Å². The van der Waals surface area contributed by atoms with Crippen molar-refractivity contribution in [1.29, 1.82) is 0 Å². The molecule has 0 spiro atoms. The van der Waals surface area contributed by atoms with Gasteiger partial charge in [0.1, 0.15) is 0 Å². The van der Waals surface area contributed by atoms with E-state index in [1.54, 1.807) is 25.4 Å². The molecule has 1 aromatic carbocycles. The fraction of sp³-hybridized carbons (Fsp3) is 0.389. The maximum atomic E-state index is 12.4. The fourth-order valence-corrected chi connectivity index (χ4v) is 3.23. The van der Waals surface area contributed by atoms with Crippen LogP contribution < -0.4 is 10.6 Å². The van der Waals surface area contributed by atoms with Crippen LogP contribution >= 0.6 is 0 Å². The molecule has 3 N–H and O–H groups in total. The summed E-state index contributed by atoms with van der Waals surface area (Å²) in [6.07, 6.45) is 6.40. The van der Waals surface area contributed by atoms with Gasteiger partial charge in [-0.15, -0.1) is 5.10 Å². The Morgan fingerprint density at radius 1 is 1.22 bits per heavy atom. The second-order valence-corrected chi connectivity index (χ2v) is 6.79. The number of aromatic nitrogens is 5. The van der Waals surface area contributed by atoms with Crippen LogP contribution in [0.25, 0.3) is 10.9 Å². The molecule has 2 heterocycles. The monoisotopic (exact) mass is 367 g/mol. The van der Waals surface area contributed by atoms with E-state index in [9.17, 15) is 9.90 Å². The molecule has 4 rings (SSSR count). The zero-order chi connectivity index (χ0) is 18.8. The molecule has 0 saturated heterocycles. The van der Waals surface area contributed by atoms with Gasteiger partial charge in [0.15, 0.2) is 5.82 Å². The largest absolute Gasteiger partial charge is 0.393 e. The molecule has 0 bridgehead atoms. The van der Waals surface area contributed by atoms with Crippen LogP contribution in [0.3, 0.4) is 0 Å². The molecule has 0 unspecified atom stereocenters. The number of anilines is 2. The van der Waals surface area contributed by atoms with Crippen LogP contribution in [0.1, 0.15) is 36.0 Å². The van der Waals surface area contributed by atoms with Gasteiger partial charge in [-0.3, -0.25) is 4.79 Å². The van der Waals surface area contributed by atoms with E-state index in [2.05, 4.69) is 30.8 Å². The number of aliphatic hydroxyl groups excluding tert-OH is 1. The normalized spacial score (nSPS) is 19.8. The number of aryl methyl sites for hydroxylation is 1. The molecule has 1 amide bonds. The highest BCUT2D eigenvalue weighted by Gasteiger charge is 2.20. The first-order valence-electron chi connectivity index (χ1n) is 8.96. The zero-order valence-electron chi connectivity index (χ0n) is 15.0. The SMILES string of the molecule is Cn1ncc(NC(=O)c2ccc3cnc(NC4CCC(O)CC4)nc3c2)n1. The second-order valence-electron chi connectivity index (χ2n) is 6.79. The Bertz CT molecular complexity index is 963. The van der Waals surface area contributed by atoms with Crippen molar-refractivity contribution in [2.24, 2.45) is 7.05 Å². The number of hydrogen-bond acceptors (Lipinski definition) is 7. The maximum Gasteiger partial charge on any atom is 0.256 e. The molecule has 1 aliphatic rings. The summed E-state index contributed by atoms with van der Waals surface area (Å²) in [4.78, 5) is 22.7. The number of carbonyl (C=O) groups excluding carboxylic acids is 1. The van der Waals surface area contributed by atoms with Crippen LogP contribution in [0.2, 0.25) is 0 Å². The molecule has 9 nitrogen and oxygen atoms in total. The average Bonchev–Trinajstić information content (AvgIpc) is 3.07. The Kier molecular flexibility index (Phi) is 4.68. The Hall–Kier alpha value is -3.07. The smallest absolute Gasteiger partial charge is 0.256 e. The minimum Gasteiger partial charge on any atom is -0.393 e. The fourth-order valence-electron chi connectivity index (χ4n) is 3.23. The van der Waals surface area contributed by atoms with Crippen LogP contribution in [-0.2, 0) is 7.05 Å². The van der Waals surface area contributed by atoms with Gasteiger partial charge >= 0.3 is 0 Å². The number of rotatable bonds is 4. The zero-order valence-corrected chi connectivity index (χ0v) is 15.0. The van der Waals surface area contributed by atoms with Crippen LogP contribution in [0.4, 0.5) is 11.8 Å². The van der Waals surface area contributed by atoms with E-state index in [0.717, 1.165) is 31.1 Å². The van der Waals surface area contributed by atoms with E-state index in [0.29, 0.717) is 22.8 Å². The van der Waals surface area contributed by atoms with Crippen LogP contribution in [0.15, 0.2) is 30.6 Å². The first-order valence-corrected chi connectivity index (χ1v) is 8.96. The Morgan fingerprint density at radius 3 is 2.78 bits per heavy atom. The lowest BCUT2D eigenvalue weighted by Gasteiger charge is -2.26. The number of nitrogens with one attached hydrogen (secondary N) is 2. The van der Waals surface area contributed by atoms with Crippen LogP contribution in [0.5, 0.6) is 0 Å². The molecule has 0 atom stereocenters. The summed E-state index contributed by atoms with van der Waals surface area (Å²) in [5.41, 5.74) is 1.17. The molecule has 140 valence electrons. The molecule has 1 aliphatic carbocycles. The summed E-state index contributed by atoms with van der Waals surface area (Å²) in [5, 5.41) is 24.5. The maximum absolute atomic E-state index is 12.4. The quantitative estimate of drug-likeness (QED) is 0.642. The second kappa shape index (κ2) is 7.28. The summed E-state index contributed by atoms with van der Waals surface area (Å²) < 4.78 is 0. The Balaban J connectivity index is 1.51. The van der Waals surface area contributed by atoms with E-state index in [-0.39, 0.29) is 18.1 Å². The molecule has 0 radical (unpaired) electrons. The van der Waals surface area contributed by atoms with Gasteiger partial charge in [-0.25, -0.2) is 9.97 Å². The third-order valence-corrected chi connectivity index (χ3v) is 4.72. The first kappa shape index (κ1) is 17.3. The molecule has 1 saturated carbocycles. The van der Waals surface area contributed by atoms with Crippen molar-refractivity contribution in [2.75, 3.05) is 10.6 Å². The van der Waals surface area contributed by atoms with Gasteiger partial charge < -0.3 is 15.7 Å². The molecule has 1 fully saturated rings. The van der Waals surface area contributed by atoms with Crippen molar-refractivity contribution in [3.63, 3.8) is 0 Å². The Labute approximate surface area is 155 Å². The van der Waals surface area contributed by atoms with Gasteiger partial charge in [0, 0.05) is 30.2 Å². The summed E-state index contributed by atoms with van der Waals surface area (Å²) >= 11 is 0. The van der Waals surface area contributed by atoms with Gasteiger partial charge in [-0.2, -0.15) is 9.90 Å². The number of aliphatic hydroxyl groups is 1. The first-order chi connectivity index (χ1) is 13.1. The predicted molar refractivity (Wildman–Crippen MR) is 100 cm³/mol. The molecule has 0 aliphatic heterocycles. The molecular weight excluding hydrogens is 346 g/mol. The predicted octanol–water partition coefficient (Wildman–Crippen LogP) is 1.73. The van der Waals surface area contributed by atoms with Crippen molar-refractivity contribution in [1.82, 2.24) is 25.0 Å². The molecule has 2 aromatic heterocycles. The minimum atomic E-state index is -0.271. The number of carbonyl (C=O) groups is 1. The van der Waals surface area contributed by atoms with Gasteiger partial charge in [-0.1, -0.05) is 6.07 Å². The molecular formula is C18H21N7O2. The van der Waals surface area contributed by atoms with E-state index >= 15 is 0 Å². The van der Waals surface area contributed by atoms with Crippen molar-refractivity contribution < 1.29 is 9.90 Å². The number of fused-ring (bicyclic) bond motifs is 1. The highest BCUT2D eigenvalue weighted by molar-refractivity contribution is 6.05. The molecule has 9 heteroatoms. The molecule has 27 heavy (non-hydrogen) atoms. The van der Waals surface area contributed by atoms with E-state index in [1.165, 1.54) is 11.0 Å². The van der Waals surface area contributed by atoms with Gasteiger partial charge in [0.25, 0.3) is 5.91 Å². The van der Waals surface area contributed by atoms with Crippen molar-refractivity contribution in [3.05, 3.63) is 36.2 Å². The van der Waals surface area contributed by atoms with Crippen LogP contribution in [-0.4, -0.2) is 48.1 Å². The molecule has 3 aromatic rings. The standard InChI is InChI=1S/C18H21N7O2/c1-25-20-10-16(24-25)23-17(27)11-2-3-12-9-19-18(22-15(12)8-11)21-13-4-6-14(26)7-5-13/h2-3,8-10,13-14,26H,4-7H2,1H3,(H,19,21,22)(H,23,24,27). The minimum absolute atomic E-state index is 0.198. The van der Waals surface area contributed by atoms with Crippen LogP contribution in [0, 0.1) is 0 Å². The average molecular weight is 367 g/mol. The summed E-state index contributed by atoms with van der Waals surface area (Å²) in [7, 11) is 1.68. The lowest BCUT2D eigenvalue weighted by atomic mass is 9.93. The summed E-state index contributed by atoms with van der Waals surface area (Å²) in [6, 6.07) is 5.54. The lowest BCUT2D eigenvalue weighted by molar-refractivity contribution is 0.102. The topological polar surface area (TPSA) is 118 Å². The number of nitrogens with zero attached hydrogens (tertiary/aromatic N) is 5. The summed E-state index contributed by atoms with van der Waals surface area (Å²) in [5.74, 6) is 0.661. The highest BCUT2D eigenvalue weighted by Crippen LogP contribution is 2.22. The lowest BCUT2D eigenvalue weighted by Crippen LogP contribution is -2.28. The van der Waals surface area contributed by atoms with Crippen molar-refractivity contribution >= 4 is 28.6 Å². The Morgan fingerprint density at radius 2 is 2.04 bits per heavy atom. The number of amides is 1. The van der Waals surface area contributed by atoms with Gasteiger partial charge in [-0.05, 0) is 37.8 Å².